The molecule has 0 aliphatic heterocycles. The molecular formula is C14H17N3O. The van der Waals surface area contributed by atoms with E-state index in [-0.39, 0.29) is 0 Å². The molecule has 1 N–H and O–H groups in total. The fraction of sp³-hybridized carbons (Fsp3) is 0.286. The number of rotatable bonds is 5. The van der Waals surface area contributed by atoms with Crippen LogP contribution in [0.25, 0.3) is 0 Å². The van der Waals surface area contributed by atoms with E-state index in [1.54, 1.807) is 13.3 Å². The molecule has 4 heteroatoms. The summed E-state index contributed by atoms with van der Waals surface area (Å²) in [6, 6.07) is 10.1. The Kier molecular flexibility index (Phi) is 4.12. The van der Waals surface area contributed by atoms with Gasteiger partial charge in [0.05, 0.1) is 7.11 Å². The minimum absolute atomic E-state index is 0.669. The molecule has 2 aromatic rings. The highest BCUT2D eigenvalue weighted by molar-refractivity contribution is 5.28. The van der Waals surface area contributed by atoms with E-state index >= 15 is 0 Å². The largest absolute Gasteiger partial charge is 0.497 e. The van der Waals surface area contributed by atoms with Gasteiger partial charge in [-0.25, -0.2) is 9.97 Å². The van der Waals surface area contributed by atoms with Gasteiger partial charge in [0, 0.05) is 18.9 Å². The molecular weight excluding hydrogens is 226 g/mol. The molecule has 0 radical (unpaired) electrons. The van der Waals surface area contributed by atoms with Gasteiger partial charge in [0.2, 0.25) is 5.95 Å². The van der Waals surface area contributed by atoms with Crippen LogP contribution in [-0.4, -0.2) is 24.1 Å². The summed E-state index contributed by atoms with van der Waals surface area (Å²) in [5, 5.41) is 2.94. The maximum Gasteiger partial charge on any atom is 0.222 e. The van der Waals surface area contributed by atoms with E-state index in [1.165, 1.54) is 5.56 Å². The number of hydrogen-bond donors (Lipinski definition) is 1. The number of benzene rings is 1. The second kappa shape index (κ2) is 6.00. The summed E-state index contributed by atoms with van der Waals surface area (Å²) in [6.45, 7) is 0. The van der Waals surface area contributed by atoms with Gasteiger partial charge in [-0.2, -0.15) is 0 Å². The van der Waals surface area contributed by atoms with Gasteiger partial charge in [0.25, 0.3) is 0 Å². The van der Waals surface area contributed by atoms with Crippen molar-refractivity contribution < 1.29 is 4.74 Å². The monoisotopic (exact) mass is 243 g/mol. The molecule has 1 aromatic heterocycles. The predicted molar refractivity (Wildman–Crippen MR) is 72.0 cm³/mol. The molecule has 1 aromatic carbocycles. The number of aromatic nitrogens is 2. The summed E-state index contributed by atoms with van der Waals surface area (Å²) in [6.07, 6.45) is 3.65. The average Bonchev–Trinajstić information content (AvgIpc) is 2.46. The number of ether oxygens (including phenoxy) is 1. The van der Waals surface area contributed by atoms with Gasteiger partial charge in [0.1, 0.15) is 5.75 Å². The minimum Gasteiger partial charge on any atom is -0.497 e. The van der Waals surface area contributed by atoms with E-state index in [1.807, 2.05) is 25.2 Å². The Balaban J connectivity index is 1.97. The molecule has 0 bridgehead atoms. The van der Waals surface area contributed by atoms with Gasteiger partial charge < -0.3 is 10.1 Å². The highest BCUT2D eigenvalue weighted by atomic mass is 16.5. The number of nitrogens with zero attached hydrogens (tertiary/aromatic N) is 2. The fourth-order valence-corrected chi connectivity index (χ4v) is 1.72. The van der Waals surface area contributed by atoms with Crippen LogP contribution in [-0.2, 0) is 12.8 Å². The SMILES string of the molecule is CNc1nccc(CCc2ccc(OC)cc2)n1. The first kappa shape index (κ1) is 12.4. The summed E-state index contributed by atoms with van der Waals surface area (Å²) in [4.78, 5) is 8.49. The molecule has 0 fully saturated rings. The maximum absolute atomic E-state index is 5.13. The smallest absolute Gasteiger partial charge is 0.222 e. The molecule has 0 atom stereocenters. The molecule has 0 saturated heterocycles. The van der Waals surface area contributed by atoms with Crippen LogP contribution >= 0.6 is 0 Å². The molecule has 0 aliphatic carbocycles. The zero-order valence-corrected chi connectivity index (χ0v) is 10.7. The Morgan fingerprint density at radius 2 is 1.89 bits per heavy atom. The number of anilines is 1. The number of nitrogens with one attached hydrogen (secondary N) is 1. The first-order valence-electron chi connectivity index (χ1n) is 5.94. The van der Waals surface area contributed by atoms with Gasteiger partial charge in [0.15, 0.2) is 0 Å². The van der Waals surface area contributed by atoms with Crippen LogP contribution in [0, 0.1) is 0 Å². The summed E-state index contributed by atoms with van der Waals surface area (Å²) in [5.74, 6) is 1.56. The van der Waals surface area contributed by atoms with E-state index in [9.17, 15) is 0 Å². The third-order valence-corrected chi connectivity index (χ3v) is 2.77. The van der Waals surface area contributed by atoms with Crippen LogP contribution in [0.1, 0.15) is 11.3 Å². The molecule has 0 unspecified atom stereocenters. The summed E-state index contributed by atoms with van der Waals surface area (Å²) in [7, 11) is 3.50. The predicted octanol–water partition coefficient (Wildman–Crippen LogP) is 2.31. The second-order valence-corrected chi connectivity index (χ2v) is 3.97. The molecule has 0 aliphatic rings. The van der Waals surface area contributed by atoms with Gasteiger partial charge in [-0.05, 0) is 36.6 Å². The molecule has 18 heavy (non-hydrogen) atoms. The van der Waals surface area contributed by atoms with Crippen LogP contribution in [0.5, 0.6) is 5.75 Å². The van der Waals surface area contributed by atoms with Crippen LogP contribution in [0.4, 0.5) is 5.95 Å². The van der Waals surface area contributed by atoms with E-state index in [0.29, 0.717) is 5.95 Å². The highest BCUT2D eigenvalue weighted by Gasteiger charge is 1.99. The van der Waals surface area contributed by atoms with E-state index in [2.05, 4.69) is 27.4 Å². The first-order chi connectivity index (χ1) is 8.81. The maximum atomic E-state index is 5.13. The van der Waals surface area contributed by atoms with Crippen molar-refractivity contribution in [2.45, 2.75) is 12.8 Å². The number of aryl methyl sites for hydroxylation is 2. The van der Waals surface area contributed by atoms with Crippen LogP contribution in [0.2, 0.25) is 0 Å². The normalized spacial score (nSPS) is 10.1. The van der Waals surface area contributed by atoms with Crippen molar-refractivity contribution >= 4 is 5.95 Å². The Hall–Kier alpha value is -2.10. The zero-order chi connectivity index (χ0) is 12.8. The van der Waals surface area contributed by atoms with Crippen LogP contribution in [0.3, 0.4) is 0 Å². The fourth-order valence-electron chi connectivity index (χ4n) is 1.72. The van der Waals surface area contributed by atoms with Crippen molar-refractivity contribution in [2.75, 3.05) is 19.5 Å². The Morgan fingerprint density at radius 3 is 2.56 bits per heavy atom. The van der Waals surface area contributed by atoms with Crippen molar-refractivity contribution in [3.63, 3.8) is 0 Å². The summed E-state index contributed by atoms with van der Waals surface area (Å²) >= 11 is 0. The van der Waals surface area contributed by atoms with Gasteiger partial charge in [-0.3, -0.25) is 0 Å². The van der Waals surface area contributed by atoms with E-state index in [4.69, 9.17) is 4.74 Å². The highest BCUT2D eigenvalue weighted by Crippen LogP contribution is 2.13. The average molecular weight is 243 g/mol. The Labute approximate surface area is 107 Å². The van der Waals surface area contributed by atoms with Crippen molar-refractivity contribution in [1.82, 2.24) is 9.97 Å². The standard InChI is InChI=1S/C14H17N3O/c1-15-14-16-10-9-12(17-14)6-3-11-4-7-13(18-2)8-5-11/h4-5,7-10H,3,6H2,1-2H3,(H,15,16,17). The van der Waals surface area contributed by atoms with E-state index < -0.39 is 0 Å². The third-order valence-electron chi connectivity index (χ3n) is 2.77. The van der Waals surface area contributed by atoms with Crippen molar-refractivity contribution in [2.24, 2.45) is 0 Å². The Bertz CT molecular complexity index is 497. The molecule has 2 rings (SSSR count). The lowest BCUT2D eigenvalue weighted by Gasteiger charge is -2.04. The van der Waals surface area contributed by atoms with E-state index in [0.717, 1.165) is 24.3 Å². The van der Waals surface area contributed by atoms with Crippen molar-refractivity contribution in [1.29, 1.82) is 0 Å². The van der Waals surface area contributed by atoms with Gasteiger partial charge in [-0.1, -0.05) is 12.1 Å². The van der Waals surface area contributed by atoms with Crippen molar-refractivity contribution in [3.8, 4) is 5.75 Å². The lowest BCUT2D eigenvalue weighted by atomic mass is 10.1. The first-order valence-corrected chi connectivity index (χ1v) is 5.94. The van der Waals surface area contributed by atoms with Crippen LogP contribution < -0.4 is 10.1 Å². The van der Waals surface area contributed by atoms with Gasteiger partial charge in [-0.15, -0.1) is 0 Å². The second-order valence-electron chi connectivity index (χ2n) is 3.97. The molecule has 94 valence electrons. The zero-order valence-electron chi connectivity index (χ0n) is 10.7. The van der Waals surface area contributed by atoms with Crippen LogP contribution in [0.15, 0.2) is 36.5 Å². The third kappa shape index (κ3) is 3.20. The molecule has 0 spiro atoms. The lowest BCUT2D eigenvalue weighted by molar-refractivity contribution is 0.414. The minimum atomic E-state index is 0.669. The number of hydrogen-bond acceptors (Lipinski definition) is 4. The topological polar surface area (TPSA) is 47.0 Å². The molecule has 1 heterocycles. The summed E-state index contributed by atoms with van der Waals surface area (Å²) in [5.41, 5.74) is 2.32. The molecule has 0 saturated carbocycles. The Morgan fingerprint density at radius 1 is 1.11 bits per heavy atom. The molecule has 4 nitrogen and oxygen atoms in total. The number of methoxy groups -OCH3 is 1. The lowest BCUT2D eigenvalue weighted by Crippen LogP contribution is -2.00. The summed E-state index contributed by atoms with van der Waals surface area (Å²) < 4.78 is 5.13. The van der Waals surface area contributed by atoms with Gasteiger partial charge >= 0.3 is 0 Å². The quantitative estimate of drug-likeness (QED) is 0.875. The van der Waals surface area contributed by atoms with Crippen molar-refractivity contribution in [3.05, 3.63) is 47.8 Å². The molecule has 0 amide bonds.